The van der Waals surface area contributed by atoms with Crippen LogP contribution in [0.15, 0.2) is 16.3 Å². The normalized spacial score (nSPS) is 14.1. The summed E-state index contributed by atoms with van der Waals surface area (Å²) in [6.07, 6.45) is -1.07. The number of nitrogens with one attached hydrogen (secondary N) is 1. The van der Waals surface area contributed by atoms with E-state index in [4.69, 9.17) is 10.2 Å². The Morgan fingerprint density at radius 1 is 1.53 bits per heavy atom. The van der Waals surface area contributed by atoms with Crippen LogP contribution in [0.4, 0.5) is 0 Å². The molecule has 1 rings (SSSR count). The zero-order chi connectivity index (χ0) is 11.5. The Kier molecular flexibility index (Phi) is 4.23. The molecule has 1 unspecified atom stereocenters. The van der Waals surface area contributed by atoms with Crippen molar-refractivity contribution in [2.75, 3.05) is 13.2 Å². The van der Waals surface area contributed by atoms with Crippen LogP contribution >= 0.6 is 11.3 Å². The van der Waals surface area contributed by atoms with Crippen molar-refractivity contribution in [3.63, 3.8) is 0 Å². The van der Waals surface area contributed by atoms with Crippen molar-refractivity contribution in [1.29, 1.82) is 0 Å². The monoisotopic (exact) mass is 251 g/mol. The van der Waals surface area contributed by atoms with E-state index in [0.717, 1.165) is 16.2 Å². The van der Waals surface area contributed by atoms with Crippen LogP contribution in [0.1, 0.15) is 4.88 Å². The summed E-state index contributed by atoms with van der Waals surface area (Å²) in [6, 6.07) is 3.22. The first kappa shape index (κ1) is 12.6. The molecular weight excluding hydrogens is 238 g/mol. The fourth-order valence-electron chi connectivity index (χ4n) is 0.898. The van der Waals surface area contributed by atoms with Crippen molar-refractivity contribution in [2.24, 2.45) is 0 Å². The van der Waals surface area contributed by atoms with Gasteiger partial charge in [-0.2, -0.15) is 0 Å². The van der Waals surface area contributed by atoms with Crippen molar-refractivity contribution in [2.45, 2.75) is 17.2 Å². The van der Waals surface area contributed by atoms with Crippen LogP contribution < -0.4 is 4.72 Å². The summed E-state index contributed by atoms with van der Waals surface area (Å²) in [5.41, 5.74) is 0. The minimum absolute atomic E-state index is 0.185. The highest BCUT2D eigenvalue weighted by Crippen LogP contribution is 2.19. The Morgan fingerprint density at radius 3 is 2.67 bits per heavy atom. The molecule has 1 aromatic rings. The van der Waals surface area contributed by atoms with Gasteiger partial charge in [-0.1, -0.05) is 0 Å². The van der Waals surface area contributed by atoms with E-state index < -0.39 is 22.7 Å². The molecule has 0 bridgehead atoms. The Morgan fingerprint density at radius 2 is 2.20 bits per heavy atom. The van der Waals surface area contributed by atoms with Gasteiger partial charge in [0.15, 0.2) is 0 Å². The highest BCUT2D eigenvalue weighted by atomic mass is 32.2. The lowest BCUT2D eigenvalue weighted by Crippen LogP contribution is -2.33. The van der Waals surface area contributed by atoms with Gasteiger partial charge in [-0.05, 0) is 19.1 Å². The minimum atomic E-state index is -3.55. The molecule has 5 nitrogen and oxygen atoms in total. The number of thiophene rings is 1. The van der Waals surface area contributed by atoms with Crippen LogP contribution in [-0.2, 0) is 10.0 Å². The molecule has 3 N–H and O–H groups in total. The van der Waals surface area contributed by atoms with E-state index in [-0.39, 0.29) is 10.8 Å². The van der Waals surface area contributed by atoms with E-state index in [2.05, 4.69) is 4.72 Å². The maximum Gasteiger partial charge on any atom is 0.250 e. The Hall–Kier alpha value is -0.470. The van der Waals surface area contributed by atoms with Crippen LogP contribution in [0.2, 0.25) is 0 Å². The van der Waals surface area contributed by atoms with Gasteiger partial charge in [0, 0.05) is 11.4 Å². The van der Waals surface area contributed by atoms with Crippen molar-refractivity contribution in [3.05, 3.63) is 17.0 Å². The molecule has 0 aliphatic rings. The lowest BCUT2D eigenvalue weighted by molar-refractivity contribution is 0.0988. The molecule has 0 aliphatic carbocycles. The van der Waals surface area contributed by atoms with E-state index in [0.29, 0.717) is 0 Å². The Balaban J connectivity index is 2.68. The summed E-state index contributed by atoms with van der Waals surface area (Å²) in [7, 11) is -3.55. The SMILES string of the molecule is Cc1ccc(S(=O)(=O)NCC(O)CO)s1. The first-order valence-electron chi connectivity index (χ1n) is 4.30. The van der Waals surface area contributed by atoms with Crippen molar-refractivity contribution >= 4 is 21.4 Å². The van der Waals surface area contributed by atoms with Crippen LogP contribution in [0.25, 0.3) is 0 Å². The molecule has 1 heterocycles. The largest absolute Gasteiger partial charge is 0.394 e. The maximum atomic E-state index is 11.6. The summed E-state index contributed by atoms with van der Waals surface area (Å²) in [5.74, 6) is 0. The second-order valence-electron chi connectivity index (χ2n) is 3.05. The summed E-state index contributed by atoms with van der Waals surface area (Å²) < 4.78 is 25.6. The molecule has 0 radical (unpaired) electrons. The Labute approximate surface area is 92.4 Å². The average Bonchev–Trinajstić information content (AvgIpc) is 2.62. The molecular formula is C8H13NO4S2. The predicted molar refractivity (Wildman–Crippen MR) is 57.3 cm³/mol. The molecule has 1 atom stereocenters. The number of aryl methyl sites for hydroxylation is 1. The topological polar surface area (TPSA) is 86.6 Å². The smallest absolute Gasteiger partial charge is 0.250 e. The van der Waals surface area contributed by atoms with Gasteiger partial charge in [-0.3, -0.25) is 0 Å². The zero-order valence-corrected chi connectivity index (χ0v) is 9.81. The number of aliphatic hydroxyl groups is 2. The quantitative estimate of drug-likeness (QED) is 0.670. The minimum Gasteiger partial charge on any atom is -0.394 e. The van der Waals surface area contributed by atoms with E-state index in [1.165, 1.54) is 6.07 Å². The standard InChI is InChI=1S/C8H13NO4S2/c1-6-2-3-8(14-6)15(12,13)9-4-7(11)5-10/h2-3,7,9-11H,4-5H2,1H3. The van der Waals surface area contributed by atoms with Crippen LogP contribution in [0, 0.1) is 6.92 Å². The number of aliphatic hydroxyl groups excluding tert-OH is 2. The predicted octanol–water partition coefficient (Wildman–Crippen LogP) is -0.312. The van der Waals surface area contributed by atoms with E-state index in [1.807, 2.05) is 6.92 Å². The van der Waals surface area contributed by atoms with Gasteiger partial charge in [0.1, 0.15) is 4.21 Å². The molecule has 86 valence electrons. The molecule has 15 heavy (non-hydrogen) atoms. The molecule has 0 aliphatic heterocycles. The maximum absolute atomic E-state index is 11.6. The number of hydrogen-bond acceptors (Lipinski definition) is 5. The van der Waals surface area contributed by atoms with E-state index >= 15 is 0 Å². The fraction of sp³-hybridized carbons (Fsp3) is 0.500. The van der Waals surface area contributed by atoms with Crippen LogP contribution in [0.5, 0.6) is 0 Å². The molecule has 0 aromatic carbocycles. The fourth-order valence-corrected chi connectivity index (χ4v) is 3.30. The molecule has 0 spiro atoms. The van der Waals surface area contributed by atoms with Crippen molar-refractivity contribution < 1.29 is 18.6 Å². The van der Waals surface area contributed by atoms with Crippen molar-refractivity contribution in [1.82, 2.24) is 4.72 Å². The third kappa shape index (κ3) is 3.54. The highest BCUT2D eigenvalue weighted by Gasteiger charge is 2.16. The van der Waals surface area contributed by atoms with Crippen molar-refractivity contribution in [3.8, 4) is 0 Å². The molecule has 0 saturated carbocycles. The highest BCUT2D eigenvalue weighted by molar-refractivity contribution is 7.91. The van der Waals surface area contributed by atoms with Gasteiger partial charge in [0.25, 0.3) is 0 Å². The van der Waals surface area contributed by atoms with E-state index in [1.54, 1.807) is 6.07 Å². The van der Waals surface area contributed by atoms with Crippen LogP contribution in [0.3, 0.4) is 0 Å². The van der Waals surface area contributed by atoms with Gasteiger partial charge in [-0.25, -0.2) is 13.1 Å². The number of sulfonamides is 1. The number of rotatable bonds is 5. The molecule has 0 amide bonds. The lowest BCUT2D eigenvalue weighted by Gasteiger charge is -2.08. The van der Waals surface area contributed by atoms with Gasteiger partial charge < -0.3 is 10.2 Å². The second kappa shape index (κ2) is 5.04. The first-order chi connectivity index (χ1) is 6.95. The van der Waals surface area contributed by atoms with Gasteiger partial charge in [-0.15, -0.1) is 11.3 Å². The third-order valence-electron chi connectivity index (χ3n) is 1.70. The molecule has 7 heteroatoms. The summed E-state index contributed by atoms with van der Waals surface area (Å²) in [6.45, 7) is 1.16. The summed E-state index contributed by atoms with van der Waals surface area (Å²) in [5, 5.41) is 17.5. The van der Waals surface area contributed by atoms with Gasteiger partial charge >= 0.3 is 0 Å². The van der Waals surface area contributed by atoms with Crippen LogP contribution in [-0.4, -0.2) is 37.9 Å². The second-order valence-corrected chi connectivity index (χ2v) is 6.34. The van der Waals surface area contributed by atoms with Gasteiger partial charge in [0.2, 0.25) is 10.0 Å². The average molecular weight is 251 g/mol. The third-order valence-corrected chi connectivity index (χ3v) is 4.62. The number of hydrogen-bond donors (Lipinski definition) is 3. The summed E-state index contributed by atoms with van der Waals surface area (Å²) >= 11 is 1.16. The zero-order valence-electron chi connectivity index (χ0n) is 8.17. The molecule has 0 saturated heterocycles. The van der Waals surface area contributed by atoms with E-state index in [9.17, 15) is 8.42 Å². The molecule has 1 aromatic heterocycles. The molecule has 0 fully saturated rings. The van der Waals surface area contributed by atoms with Gasteiger partial charge in [0.05, 0.1) is 12.7 Å². The lowest BCUT2D eigenvalue weighted by atomic mass is 10.4. The summed E-state index contributed by atoms with van der Waals surface area (Å²) in [4.78, 5) is 0.901. The Bertz CT molecular complexity index is 412. The first-order valence-corrected chi connectivity index (χ1v) is 6.60.